The lowest BCUT2D eigenvalue weighted by Crippen LogP contribution is -2.33. The number of hydrogen-bond donors (Lipinski definition) is 1. The van der Waals surface area contributed by atoms with E-state index in [1.54, 1.807) is 0 Å². The zero-order valence-corrected chi connectivity index (χ0v) is 13.4. The van der Waals surface area contributed by atoms with E-state index in [9.17, 15) is 0 Å². The van der Waals surface area contributed by atoms with Gasteiger partial charge in [-0.1, -0.05) is 25.1 Å². The summed E-state index contributed by atoms with van der Waals surface area (Å²) in [6.45, 7) is 6.72. The van der Waals surface area contributed by atoms with Gasteiger partial charge in [-0.05, 0) is 49.2 Å². The van der Waals surface area contributed by atoms with Crippen LogP contribution in [0.1, 0.15) is 32.4 Å². The fourth-order valence-corrected chi connectivity index (χ4v) is 4.64. The van der Waals surface area contributed by atoms with E-state index in [-0.39, 0.29) is 0 Å². The van der Waals surface area contributed by atoms with Crippen molar-refractivity contribution >= 4 is 21.4 Å². The van der Waals surface area contributed by atoms with Crippen molar-refractivity contribution in [3.05, 3.63) is 35.2 Å². The molecular weight excluding hydrogens is 266 g/mol. The van der Waals surface area contributed by atoms with Crippen molar-refractivity contribution in [3.63, 3.8) is 0 Å². The molecule has 0 saturated carbocycles. The van der Waals surface area contributed by atoms with E-state index in [2.05, 4.69) is 62.8 Å². The van der Waals surface area contributed by atoms with E-state index >= 15 is 0 Å². The van der Waals surface area contributed by atoms with Crippen LogP contribution in [-0.2, 0) is 4.74 Å². The predicted octanol–water partition coefficient (Wildman–Crippen LogP) is 4.22. The Morgan fingerprint density at radius 3 is 2.60 bits per heavy atom. The van der Waals surface area contributed by atoms with Crippen molar-refractivity contribution in [2.75, 3.05) is 7.05 Å². The monoisotopic (exact) mass is 289 g/mol. The first-order valence-electron chi connectivity index (χ1n) is 7.42. The molecule has 20 heavy (non-hydrogen) atoms. The van der Waals surface area contributed by atoms with E-state index in [1.165, 1.54) is 15.6 Å². The van der Waals surface area contributed by atoms with Crippen LogP contribution in [0.3, 0.4) is 0 Å². The minimum absolute atomic E-state index is 0.299. The van der Waals surface area contributed by atoms with Crippen molar-refractivity contribution in [2.45, 2.75) is 39.0 Å². The van der Waals surface area contributed by atoms with Gasteiger partial charge < -0.3 is 10.1 Å². The Morgan fingerprint density at radius 1 is 1.15 bits per heavy atom. The van der Waals surface area contributed by atoms with Gasteiger partial charge in [0.15, 0.2) is 0 Å². The molecule has 1 aliphatic rings. The van der Waals surface area contributed by atoms with Gasteiger partial charge in [-0.25, -0.2) is 0 Å². The SMILES string of the molecule is CNC(c1cccc2ccsc12)C1C(C)OC(C)C1C. The lowest BCUT2D eigenvalue weighted by Gasteiger charge is -2.29. The van der Waals surface area contributed by atoms with E-state index in [4.69, 9.17) is 4.74 Å². The first-order valence-corrected chi connectivity index (χ1v) is 8.30. The minimum atomic E-state index is 0.299. The molecule has 2 heterocycles. The molecule has 1 aliphatic heterocycles. The van der Waals surface area contributed by atoms with Crippen LogP contribution in [0.15, 0.2) is 29.6 Å². The van der Waals surface area contributed by atoms with Crippen molar-refractivity contribution in [3.8, 4) is 0 Å². The van der Waals surface area contributed by atoms with Crippen LogP contribution < -0.4 is 5.32 Å². The topological polar surface area (TPSA) is 21.3 Å². The van der Waals surface area contributed by atoms with Crippen LogP contribution in [0.4, 0.5) is 0 Å². The lowest BCUT2D eigenvalue weighted by atomic mass is 9.80. The number of thiophene rings is 1. The molecule has 0 bridgehead atoms. The molecule has 1 aromatic heterocycles. The highest BCUT2D eigenvalue weighted by molar-refractivity contribution is 7.17. The molecule has 3 heteroatoms. The highest BCUT2D eigenvalue weighted by Gasteiger charge is 2.42. The van der Waals surface area contributed by atoms with Gasteiger partial charge in [-0.2, -0.15) is 0 Å². The Bertz CT molecular complexity index is 593. The molecule has 108 valence electrons. The number of hydrogen-bond acceptors (Lipinski definition) is 3. The molecule has 1 fully saturated rings. The summed E-state index contributed by atoms with van der Waals surface area (Å²) >= 11 is 1.84. The second kappa shape index (κ2) is 5.47. The second-order valence-electron chi connectivity index (χ2n) is 5.94. The highest BCUT2D eigenvalue weighted by atomic mass is 32.1. The van der Waals surface area contributed by atoms with Crippen molar-refractivity contribution in [1.29, 1.82) is 0 Å². The first kappa shape index (κ1) is 14.1. The summed E-state index contributed by atoms with van der Waals surface area (Å²) in [5.41, 5.74) is 1.42. The van der Waals surface area contributed by atoms with Gasteiger partial charge in [-0.3, -0.25) is 0 Å². The summed E-state index contributed by atoms with van der Waals surface area (Å²) in [4.78, 5) is 0. The summed E-state index contributed by atoms with van der Waals surface area (Å²) in [6.07, 6.45) is 0.640. The van der Waals surface area contributed by atoms with Gasteiger partial charge in [0.1, 0.15) is 0 Å². The molecule has 5 unspecified atom stereocenters. The molecule has 1 aromatic carbocycles. The van der Waals surface area contributed by atoms with Crippen LogP contribution >= 0.6 is 11.3 Å². The highest BCUT2D eigenvalue weighted by Crippen LogP contribution is 2.42. The summed E-state index contributed by atoms with van der Waals surface area (Å²) in [5.74, 6) is 1.08. The maximum atomic E-state index is 6.05. The molecule has 0 aliphatic carbocycles. The Balaban J connectivity index is 2.04. The largest absolute Gasteiger partial charge is 0.375 e. The normalized spacial score (nSPS) is 31.8. The zero-order chi connectivity index (χ0) is 14.3. The van der Waals surface area contributed by atoms with Crippen LogP contribution in [-0.4, -0.2) is 19.3 Å². The molecule has 0 spiro atoms. The number of benzene rings is 1. The van der Waals surface area contributed by atoms with Crippen molar-refractivity contribution in [1.82, 2.24) is 5.32 Å². The van der Waals surface area contributed by atoms with Crippen LogP contribution in [0.2, 0.25) is 0 Å². The minimum Gasteiger partial charge on any atom is -0.375 e. The molecule has 0 radical (unpaired) electrons. The van der Waals surface area contributed by atoms with E-state index in [0.717, 1.165) is 0 Å². The smallest absolute Gasteiger partial charge is 0.0600 e. The number of ether oxygens (including phenoxy) is 1. The second-order valence-corrected chi connectivity index (χ2v) is 6.85. The molecule has 2 aromatic rings. The van der Waals surface area contributed by atoms with Gasteiger partial charge in [0.2, 0.25) is 0 Å². The van der Waals surface area contributed by atoms with Gasteiger partial charge >= 0.3 is 0 Å². The fraction of sp³-hybridized carbons (Fsp3) is 0.529. The summed E-state index contributed by atoms with van der Waals surface area (Å²) in [5, 5.41) is 7.08. The molecule has 5 atom stereocenters. The third-order valence-corrected chi connectivity index (χ3v) is 5.84. The Morgan fingerprint density at radius 2 is 1.95 bits per heavy atom. The Kier molecular flexibility index (Phi) is 3.85. The first-order chi connectivity index (χ1) is 9.63. The lowest BCUT2D eigenvalue weighted by molar-refractivity contribution is 0.0478. The van der Waals surface area contributed by atoms with Gasteiger partial charge in [0, 0.05) is 16.7 Å². The van der Waals surface area contributed by atoms with Gasteiger partial charge in [-0.15, -0.1) is 11.3 Å². The average Bonchev–Trinajstić information content (AvgIpc) is 3.00. The van der Waals surface area contributed by atoms with Crippen LogP contribution in [0, 0.1) is 11.8 Å². The quantitative estimate of drug-likeness (QED) is 0.913. The summed E-state index contributed by atoms with van der Waals surface area (Å²) < 4.78 is 7.46. The molecule has 1 saturated heterocycles. The van der Waals surface area contributed by atoms with Crippen LogP contribution in [0.5, 0.6) is 0 Å². The van der Waals surface area contributed by atoms with Gasteiger partial charge in [0.25, 0.3) is 0 Å². The maximum absolute atomic E-state index is 6.05. The fourth-order valence-electron chi connectivity index (χ4n) is 3.68. The molecule has 3 rings (SSSR count). The third-order valence-electron chi connectivity index (χ3n) is 4.86. The number of rotatable bonds is 3. The molecule has 1 N–H and O–H groups in total. The standard InChI is InChI=1S/C17H23NOS/c1-10-11(2)19-12(3)15(10)16(18-4)14-7-5-6-13-8-9-20-17(13)14/h5-12,15-16,18H,1-4H3. The van der Waals surface area contributed by atoms with Crippen molar-refractivity contribution in [2.24, 2.45) is 11.8 Å². The predicted molar refractivity (Wildman–Crippen MR) is 86.3 cm³/mol. The van der Waals surface area contributed by atoms with E-state index in [1.807, 2.05) is 11.3 Å². The molecular formula is C17H23NOS. The Hall–Kier alpha value is -0.900. The number of fused-ring (bicyclic) bond motifs is 1. The van der Waals surface area contributed by atoms with E-state index < -0.39 is 0 Å². The van der Waals surface area contributed by atoms with Crippen molar-refractivity contribution < 1.29 is 4.74 Å². The average molecular weight is 289 g/mol. The molecule has 0 amide bonds. The maximum Gasteiger partial charge on any atom is 0.0600 e. The third kappa shape index (κ3) is 2.18. The summed E-state index contributed by atoms with van der Waals surface area (Å²) in [6, 6.07) is 9.19. The molecule has 2 nitrogen and oxygen atoms in total. The van der Waals surface area contributed by atoms with Gasteiger partial charge in [0.05, 0.1) is 12.2 Å². The summed E-state index contributed by atoms with van der Waals surface area (Å²) in [7, 11) is 2.07. The van der Waals surface area contributed by atoms with Crippen LogP contribution in [0.25, 0.3) is 10.1 Å². The number of nitrogens with one attached hydrogen (secondary N) is 1. The zero-order valence-electron chi connectivity index (χ0n) is 12.6. The Labute approximate surface area is 125 Å². The van der Waals surface area contributed by atoms with E-state index in [0.29, 0.717) is 30.1 Å².